The second kappa shape index (κ2) is 8.06. The van der Waals surface area contributed by atoms with Crippen molar-refractivity contribution in [3.63, 3.8) is 0 Å². The average molecular weight is 320 g/mol. The SMILES string of the molecule is CCOCCC1(CNC(=O)c2ccc(C(=O)O)nc2)CCCC1. The zero-order chi connectivity index (χ0) is 16.7. The van der Waals surface area contributed by atoms with Gasteiger partial charge in [-0.05, 0) is 43.7 Å². The van der Waals surface area contributed by atoms with Gasteiger partial charge in [0.05, 0.1) is 5.56 Å². The van der Waals surface area contributed by atoms with Gasteiger partial charge in [-0.3, -0.25) is 4.79 Å². The topological polar surface area (TPSA) is 88.5 Å². The average Bonchev–Trinajstić information content (AvgIpc) is 3.02. The normalized spacial score (nSPS) is 16.2. The van der Waals surface area contributed by atoms with Crippen molar-refractivity contribution < 1.29 is 19.4 Å². The minimum Gasteiger partial charge on any atom is -0.477 e. The number of carbonyl (C=O) groups is 2. The fraction of sp³-hybridized carbons (Fsp3) is 0.588. The molecule has 6 heteroatoms. The van der Waals surface area contributed by atoms with E-state index in [4.69, 9.17) is 9.84 Å². The molecule has 126 valence electrons. The number of hydrogen-bond donors (Lipinski definition) is 2. The Hall–Kier alpha value is -1.95. The van der Waals surface area contributed by atoms with Crippen LogP contribution in [0.3, 0.4) is 0 Å². The first-order valence-electron chi connectivity index (χ1n) is 8.12. The van der Waals surface area contributed by atoms with Gasteiger partial charge in [-0.1, -0.05) is 12.8 Å². The summed E-state index contributed by atoms with van der Waals surface area (Å²) in [5.41, 5.74) is 0.442. The number of hydrogen-bond acceptors (Lipinski definition) is 4. The van der Waals surface area contributed by atoms with Gasteiger partial charge < -0.3 is 15.2 Å². The molecule has 2 N–H and O–H groups in total. The summed E-state index contributed by atoms with van der Waals surface area (Å²) < 4.78 is 5.47. The maximum atomic E-state index is 12.2. The fourth-order valence-electron chi connectivity index (χ4n) is 3.10. The number of carbonyl (C=O) groups excluding carboxylic acids is 1. The van der Waals surface area contributed by atoms with E-state index in [9.17, 15) is 9.59 Å². The number of nitrogens with zero attached hydrogens (tertiary/aromatic N) is 1. The number of aromatic carboxylic acids is 1. The van der Waals surface area contributed by atoms with Crippen molar-refractivity contribution in [3.05, 3.63) is 29.6 Å². The van der Waals surface area contributed by atoms with E-state index in [1.54, 1.807) is 0 Å². The fourth-order valence-corrected chi connectivity index (χ4v) is 3.10. The van der Waals surface area contributed by atoms with Crippen molar-refractivity contribution in [1.29, 1.82) is 0 Å². The van der Waals surface area contributed by atoms with Gasteiger partial charge >= 0.3 is 5.97 Å². The van der Waals surface area contributed by atoms with Gasteiger partial charge in [-0.2, -0.15) is 0 Å². The first kappa shape index (κ1) is 17.4. The molecule has 1 heterocycles. The van der Waals surface area contributed by atoms with Crippen LogP contribution in [0, 0.1) is 5.41 Å². The summed E-state index contributed by atoms with van der Waals surface area (Å²) in [6.45, 7) is 4.04. The van der Waals surface area contributed by atoms with Gasteiger partial charge in [0.2, 0.25) is 0 Å². The molecule has 1 aromatic rings. The molecule has 2 rings (SSSR count). The number of carboxylic acids is 1. The van der Waals surface area contributed by atoms with Crippen molar-refractivity contribution in [2.45, 2.75) is 39.0 Å². The Labute approximate surface area is 136 Å². The summed E-state index contributed by atoms with van der Waals surface area (Å²) in [5.74, 6) is -1.31. The lowest BCUT2D eigenvalue weighted by Gasteiger charge is -2.29. The number of amides is 1. The molecule has 0 saturated heterocycles. The van der Waals surface area contributed by atoms with E-state index in [0.717, 1.165) is 25.9 Å². The Balaban J connectivity index is 1.92. The zero-order valence-corrected chi connectivity index (χ0v) is 13.5. The summed E-state index contributed by atoms with van der Waals surface area (Å²) >= 11 is 0. The first-order valence-corrected chi connectivity index (χ1v) is 8.12. The highest BCUT2D eigenvalue weighted by molar-refractivity contribution is 5.94. The molecule has 6 nitrogen and oxygen atoms in total. The lowest BCUT2D eigenvalue weighted by molar-refractivity contribution is 0.0689. The van der Waals surface area contributed by atoms with Crippen LogP contribution in [0.4, 0.5) is 0 Å². The van der Waals surface area contributed by atoms with Crippen molar-refractivity contribution in [1.82, 2.24) is 10.3 Å². The van der Waals surface area contributed by atoms with E-state index in [-0.39, 0.29) is 17.0 Å². The van der Waals surface area contributed by atoms with Gasteiger partial charge in [-0.25, -0.2) is 9.78 Å². The second-order valence-corrected chi connectivity index (χ2v) is 6.07. The van der Waals surface area contributed by atoms with Crippen LogP contribution in [-0.2, 0) is 4.74 Å². The highest BCUT2D eigenvalue weighted by atomic mass is 16.5. The molecule has 0 bridgehead atoms. The van der Waals surface area contributed by atoms with E-state index < -0.39 is 5.97 Å². The van der Waals surface area contributed by atoms with E-state index >= 15 is 0 Å². The van der Waals surface area contributed by atoms with Gasteiger partial charge in [0.1, 0.15) is 5.69 Å². The summed E-state index contributed by atoms with van der Waals surface area (Å²) in [6, 6.07) is 2.84. The van der Waals surface area contributed by atoms with Gasteiger partial charge in [0, 0.05) is 26.0 Å². The van der Waals surface area contributed by atoms with Crippen LogP contribution in [0.25, 0.3) is 0 Å². The maximum Gasteiger partial charge on any atom is 0.354 e. The molecule has 0 unspecified atom stereocenters. The number of aromatic nitrogens is 1. The van der Waals surface area contributed by atoms with Gasteiger partial charge in [-0.15, -0.1) is 0 Å². The summed E-state index contributed by atoms with van der Waals surface area (Å²) in [5, 5.41) is 11.8. The third kappa shape index (κ3) is 4.76. The minimum atomic E-state index is -1.10. The number of ether oxygens (including phenoxy) is 1. The molecule has 1 saturated carbocycles. The first-order chi connectivity index (χ1) is 11.1. The molecule has 0 spiro atoms. The number of rotatable bonds is 8. The predicted molar refractivity (Wildman–Crippen MR) is 85.5 cm³/mol. The maximum absolute atomic E-state index is 12.2. The third-order valence-electron chi connectivity index (χ3n) is 4.51. The smallest absolute Gasteiger partial charge is 0.354 e. The molecule has 0 atom stereocenters. The van der Waals surface area contributed by atoms with Crippen LogP contribution < -0.4 is 5.32 Å². The Morgan fingerprint density at radius 2 is 2.09 bits per heavy atom. The highest BCUT2D eigenvalue weighted by Gasteiger charge is 2.33. The van der Waals surface area contributed by atoms with E-state index in [1.165, 1.54) is 31.2 Å². The van der Waals surface area contributed by atoms with Crippen LogP contribution in [0.5, 0.6) is 0 Å². The number of carboxylic acid groups (broad SMARTS) is 1. The highest BCUT2D eigenvalue weighted by Crippen LogP contribution is 2.40. The minimum absolute atomic E-state index is 0.0643. The van der Waals surface area contributed by atoms with Crippen molar-refractivity contribution in [3.8, 4) is 0 Å². The lowest BCUT2D eigenvalue weighted by Crippen LogP contribution is -2.36. The van der Waals surface area contributed by atoms with Crippen LogP contribution in [0.2, 0.25) is 0 Å². The molecule has 0 radical (unpaired) electrons. The largest absolute Gasteiger partial charge is 0.477 e. The van der Waals surface area contributed by atoms with Gasteiger partial charge in [0.15, 0.2) is 0 Å². The van der Waals surface area contributed by atoms with Gasteiger partial charge in [0.25, 0.3) is 5.91 Å². The van der Waals surface area contributed by atoms with Crippen LogP contribution in [-0.4, -0.2) is 41.7 Å². The molecule has 1 aliphatic carbocycles. The van der Waals surface area contributed by atoms with Crippen LogP contribution >= 0.6 is 0 Å². The van der Waals surface area contributed by atoms with E-state index in [1.807, 2.05) is 6.92 Å². The lowest BCUT2D eigenvalue weighted by atomic mass is 9.83. The molecule has 1 fully saturated rings. The Kier molecular flexibility index (Phi) is 6.10. The molecule has 0 aromatic carbocycles. The van der Waals surface area contributed by atoms with Crippen LogP contribution in [0.1, 0.15) is 59.9 Å². The molecule has 1 aliphatic rings. The standard InChI is InChI=1S/C17H24N2O4/c1-2-23-10-9-17(7-3-4-8-17)12-19-15(20)13-5-6-14(16(21)22)18-11-13/h5-6,11H,2-4,7-10,12H2,1H3,(H,19,20)(H,21,22). The third-order valence-corrected chi connectivity index (χ3v) is 4.51. The summed E-state index contributed by atoms with van der Waals surface area (Å²) in [6.07, 6.45) is 6.86. The summed E-state index contributed by atoms with van der Waals surface area (Å²) in [4.78, 5) is 26.8. The Morgan fingerprint density at radius 3 is 2.65 bits per heavy atom. The molecule has 23 heavy (non-hydrogen) atoms. The van der Waals surface area contributed by atoms with Crippen molar-refractivity contribution >= 4 is 11.9 Å². The Morgan fingerprint density at radius 1 is 1.35 bits per heavy atom. The second-order valence-electron chi connectivity index (χ2n) is 6.07. The zero-order valence-electron chi connectivity index (χ0n) is 13.5. The Bertz CT molecular complexity index is 536. The monoisotopic (exact) mass is 320 g/mol. The van der Waals surface area contributed by atoms with E-state index in [0.29, 0.717) is 18.7 Å². The molecular weight excluding hydrogens is 296 g/mol. The molecule has 0 aliphatic heterocycles. The molecule has 1 aromatic heterocycles. The van der Waals surface area contributed by atoms with Crippen molar-refractivity contribution in [2.24, 2.45) is 5.41 Å². The van der Waals surface area contributed by atoms with Crippen molar-refractivity contribution in [2.75, 3.05) is 19.8 Å². The van der Waals surface area contributed by atoms with Crippen LogP contribution in [0.15, 0.2) is 18.3 Å². The number of pyridine rings is 1. The summed E-state index contributed by atoms with van der Waals surface area (Å²) in [7, 11) is 0. The van der Waals surface area contributed by atoms with E-state index in [2.05, 4.69) is 10.3 Å². The molecular formula is C17H24N2O4. The quantitative estimate of drug-likeness (QED) is 0.718. The molecule has 1 amide bonds. The predicted octanol–water partition coefficient (Wildman–Crippen LogP) is 2.50. The number of nitrogens with one attached hydrogen (secondary N) is 1.